The monoisotopic (exact) mass is 548 g/mol. The third-order valence-electron chi connectivity index (χ3n) is 4.11. The zero-order valence-electron chi connectivity index (χ0n) is 17.6. The highest BCUT2D eigenvalue weighted by Gasteiger charge is 2.16. The van der Waals surface area contributed by atoms with Gasteiger partial charge in [-0.1, -0.05) is 24.3 Å². The third-order valence-corrected chi connectivity index (χ3v) is 4.11. The molecule has 0 heterocycles. The summed E-state index contributed by atoms with van der Waals surface area (Å²) >= 11 is 0. The highest BCUT2D eigenvalue weighted by atomic mass is 127. The first kappa shape index (κ1) is 26.4. The van der Waals surface area contributed by atoms with Crippen LogP contribution in [0.5, 0.6) is 11.5 Å². The van der Waals surface area contributed by atoms with Crippen molar-refractivity contribution in [2.75, 3.05) is 20.7 Å². The van der Waals surface area contributed by atoms with Crippen LogP contribution in [0.15, 0.2) is 47.5 Å². The van der Waals surface area contributed by atoms with Gasteiger partial charge in [-0.05, 0) is 30.7 Å². The molecule has 0 saturated carbocycles. The Hall–Kier alpha value is -2.63. The molecule has 3 N–H and O–H groups in total. The largest absolute Gasteiger partial charge is 0.490 e. The number of alkyl halides is 2. The first-order valence-electron chi connectivity index (χ1n) is 9.43. The molecule has 0 aliphatic heterocycles. The van der Waals surface area contributed by atoms with Gasteiger partial charge in [0.25, 0.3) is 5.91 Å². The number of carbonyl (C=O) groups is 1. The molecule has 0 aliphatic carbocycles. The van der Waals surface area contributed by atoms with E-state index in [-0.39, 0.29) is 47.9 Å². The molecule has 31 heavy (non-hydrogen) atoms. The molecule has 2 aromatic rings. The topological polar surface area (TPSA) is 84.0 Å². The Morgan fingerprint density at radius 3 is 2.48 bits per heavy atom. The van der Waals surface area contributed by atoms with Crippen LogP contribution in [0.4, 0.5) is 8.78 Å². The fraction of sp³-hybridized carbons (Fsp3) is 0.333. The zero-order chi connectivity index (χ0) is 21.9. The van der Waals surface area contributed by atoms with E-state index in [9.17, 15) is 13.6 Å². The number of benzene rings is 2. The molecule has 0 aliphatic rings. The van der Waals surface area contributed by atoms with E-state index in [2.05, 4.69) is 25.7 Å². The second kappa shape index (κ2) is 13.6. The van der Waals surface area contributed by atoms with E-state index in [1.807, 2.05) is 6.07 Å². The normalized spacial score (nSPS) is 10.8. The van der Waals surface area contributed by atoms with Gasteiger partial charge < -0.3 is 25.4 Å². The Bertz CT molecular complexity index is 881. The Kier molecular flexibility index (Phi) is 11.6. The van der Waals surface area contributed by atoms with E-state index in [0.29, 0.717) is 30.2 Å². The number of guanidine groups is 1. The minimum atomic E-state index is -2.96. The number of para-hydroxylation sites is 1. The maximum Gasteiger partial charge on any atom is 0.387 e. The molecule has 0 saturated heterocycles. The maximum atomic E-state index is 12.8. The lowest BCUT2D eigenvalue weighted by atomic mass is 10.1. The molecular formula is C21H27F2IN4O3. The summed E-state index contributed by atoms with van der Waals surface area (Å²) in [7, 11) is 3.18. The number of halogens is 3. The van der Waals surface area contributed by atoms with Gasteiger partial charge in [-0.3, -0.25) is 9.79 Å². The van der Waals surface area contributed by atoms with Gasteiger partial charge in [0, 0.05) is 38.3 Å². The van der Waals surface area contributed by atoms with Crippen molar-refractivity contribution in [3.8, 4) is 11.5 Å². The number of aliphatic imine (C=N–C) groups is 1. The van der Waals surface area contributed by atoms with Crippen LogP contribution in [-0.4, -0.2) is 39.2 Å². The fourth-order valence-corrected chi connectivity index (χ4v) is 2.74. The molecule has 0 radical (unpaired) electrons. The van der Waals surface area contributed by atoms with Gasteiger partial charge in [-0.2, -0.15) is 8.78 Å². The number of rotatable bonds is 9. The molecule has 170 valence electrons. The van der Waals surface area contributed by atoms with Gasteiger partial charge in [0.05, 0.1) is 6.61 Å². The van der Waals surface area contributed by atoms with Crippen LogP contribution < -0.4 is 25.4 Å². The fourth-order valence-electron chi connectivity index (χ4n) is 2.74. The molecule has 0 atom stereocenters. The van der Waals surface area contributed by atoms with Gasteiger partial charge in [-0.15, -0.1) is 24.0 Å². The highest BCUT2D eigenvalue weighted by molar-refractivity contribution is 14.0. The molecule has 1 amide bonds. The lowest BCUT2D eigenvalue weighted by Gasteiger charge is -2.17. The average Bonchev–Trinajstić information content (AvgIpc) is 2.75. The SMILES string of the molecule is CCOc1cccc(CNC(=NC)NCc2cccc(C(=O)NC)c2)c1OC(F)F.I. The third kappa shape index (κ3) is 8.19. The van der Waals surface area contributed by atoms with E-state index < -0.39 is 6.61 Å². The smallest absolute Gasteiger partial charge is 0.387 e. The Morgan fingerprint density at radius 1 is 1.13 bits per heavy atom. The van der Waals surface area contributed by atoms with Crippen molar-refractivity contribution in [2.24, 2.45) is 4.99 Å². The molecule has 0 fully saturated rings. The first-order valence-corrected chi connectivity index (χ1v) is 9.43. The molecule has 0 spiro atoms. The van der Waals surface area contributed by atoms with Crippen LogP contribution in [0.2, 0.25) is 0 Å². The van der Waals surface area contributed by atoms with Gasteiger partial charge >= 0.3 is 6.61 Å². The standard InChI is InChI=1S/C21H26F2N4O3.HI/c1-4-29-17-10-6-9-16(18(17)30-20(22)23)13-27-21(25-3)26-12-14-7-5-8-15(11-14)19(28)24-2;/h5-11,20H,4,12-13H2,1-3H3,(H,24,28)(H2,25,26,27);1H. The summed E-state index contributed by atoms with van der Waals surface area (Å²) in [5.74, 6) is 0.548. The number of hydrogen-bond acceptors (Lipinski definition) is 4. The van der Waals surface area contributed by atoms with Crippen molar-refractivity contribution >= 4 is 35.8 Å². The van der Waals surface area contributed by atoms with Crippen LogP contribution in [0.25, 0.3) is 0 Å². The second-order valence-electron chi connectivity index (χ2n) is 6.11. The van der Waals surface area contributed by atoms with Gasteiger partial charge in [0.15, 0.2) is 17.5 Å². The predicted molar refractivity (Wildman–Crippen MR) is 127 cm³/mol. The second-order valence-corrected chi connectivity index (χ2v) is 6.11. The Balaban J connectivity index is 0.00000480. The average molecular weight is 548 g/mol. The first-order chi connectivity index (χ1) is 14.5. The molecule has 7 nitrogen and oxygen atoms in total. The van der Waals surface area contributed by atoms with E-state index in [1.165, 1.54) is 0 Å². The van der Waals surface area contributed by atoms with Crippen molar-refractivity contribution in [1.82, 2.24) is 16.0 Å². The molecule has 0 aromatic heterocycles. The summed E-state index contributed by atoms with van der Waals surface area (Å²) < 4.78 is 35.8. The molecule has 2 aromatic carbocycles. The number of hydrogen-bond donors (Lipinski definition) is 3. The molecule has 10 heteroatoms. The lowest BCUT2D eigenvalue weighted by molar-refractivity contribution is -0.0520. The molecule has 0 unspecified atom stereocenters. The van der Waals surface area contributed by atoms with Crippen LogP contribution in [0.3, 0.4) is 0 Å². The minimum absolute atomic E-state index is 0. The number of ether oxygens (including phenoxy) is 2. The van der Waals surface area contributed by atoms with Gasteiger partial charge in [-0.25, -0.2) is 0 Å². The molecular weight excluding hydrogens is 521 g/mol. The van der Waals surface area contributed by atoms with Crippen LogP contribution in [0.1, 0.15) is 28.4 Å². The van der Waals surface area contributed by atoms with Crippen molar-refractivity contribution < 1.29 is 23.0 Å². The summed E-state index contributed by atoms with van der Waals surface area (Å²) in [6.45, 7) is -0.253. The number of nitrogens with one attached hydrogen (secondary N) is 3. The highest BCUT2D eigenvalue weighted by Crippen LogP contribution is 2.32. The number of carbonyl (C=O) groups excluding carboxylic acids is 1. The van der Waals surface area contributed by atoms with E-state index in [0.717, 1.165) is 5.56 Å². The van der Waals surface area contributed by atoms with Crippen molar-refractivity contribution in [2.45, 2.75) is 26.6 Å². The van der Waals surface area contributed by atoms with Gasteiger partial charge in [0.2, 0.25) is 0 Å². The summed E-state index contributed by atoms with van der Waals surface area (Å²) in [6.07, 6.45) is 0. The molecule has 0 bridgehead atoms. The zero-order valence-corrected chi connectivity index (χ0v) is 19.9. The Labute approximate surface area is 197 Å². The summed E-state index contributed by atoms with van der Waals surface area (Å²) in [6, 6.07) is 12.1. The number of amides is 1. The van der Waals surface area contributed by atoms with E-state index in [1.54, 1.807) is 57.4 Å². The Morgan fingerprint density at radius 2 is 1.84 bits per heavy atom. The van der Waals surface area contributed by atoms with Crippen molar-refractivity contribution in [1.29, 1.82) is 0 Å². The molecule has 2 rings (SSSR count). The summed E-state index contributed by atoms with van der Waals surface area (Å²) in [5, 5.41) is 8.78. The predicted octanol–water partition coefficient (Wildman–Crippen LogP) is 3.53. The van der Waals surface area contributed by atoms with Gasteiger partial charge in [0.1, 0.15) is 0 Å². The van der Waals surface area contributed by atoms with E-state index >= 15 is 0 Å². The van der Waals surface area contributed by atoms with E-state index in [4.69, 9.17) is 4.74 Å². The van der Waals surface area contributed by atoms with Crippen molar-refractivity contribution in [3.63, 3.8) is 0 Å². The summed E-state index contributed by atoms with van der Waals surface area (Å²) in [5.41, 5.74) is 1.95. The minimum Gasteiger partial charge on any atom is -0.490 e. The number of nitrogens with zero attached hydrogens (tertiary/aromatic N) is 1. The maximum absolute atomic E-state index is 12.8. The van der Waals surface area contributed by atoms with Crippen LogP contribution in [0, 0.1) is 0 Å². The lowest BCUT2D eigenvalue weighted by Crippen LogP contribution is -2.36. The summed E-state index contributed by atoms with van der Waals surface area (Å²) in [4.78, 5) is 15.9. The van der Waals surface area contributed by atoms with Crippen molar-refractivity contribution in [3.05, 3.63) is 59.2 Å². The quantitative estimate of drug-likeness (QED) is 0.254. The van der Waals surface area contributed by atoms with Crippen LogP contribution in [-0.2, 0) is 13.1 Å². The van der Waals surface area contributed by atoms with Crippen LogP contribution >= 0.6 is 24.0 Å².